The predicted octanol–water partition coefficient (Wildman–Crippen LogP) is 3.20. The fraction of sp³-hybridized carbons (Fsp3) is 0.143. The van der Waals surface area contributed by atoms with Crippen molar-refractivity contribution in [2.24, 2.45) is 0 Å². The maximum atomic E-state index is 12.6. The number of rotatable bonds is 6. The minimum atomic E-state index is -0.327. The molecule has 3 aromatic heterocycles. The lowest BCUT2D eigenvalue weighted by Gasteiger charge is -2.04. The van der Waals surface area contributed by atoms with E-state index in [0.29, 0.717) is 18.8 Å². The molecule has 7 nitrogen and oxygen atoms in total. The third kappa shape index (κ3) is 3.83. The molecule has 4 rings (SSSR count). The second-order valence-electron chi connectivity index (χ2n) is 6.35. The van der Waals surface area contributed by atoms with Gasteiger partial charge >= 0.3 is 0 Å². The Morgan fingerprint density at radius 3 is 2.71 bits per heavy atom. The highest BCUT2D eigenvalue weighted by Gasteiger charge is 2.19. The molecule has 7 heteroatoms. The van der Waals surface area contributed by atoms with E-state index in [0.717, 1.165) is 22.5 Å². The Labute approximate surface area is 162 Å². The number of furan rings is 1. The predicted molar refractivity (Wildman–Crippen MR) is 104 cm³/mol. The second kappa shape index (κ2) is 7.87. The largest absolute Gasteiger partial charge is 0.472 e. The Bertz CT molecular complexity index is 1050. The van der Waals surface area contributed by atoms with E-state index in [2.05, 4.69) is 20.4 Å². The third-order valence-corrected chi connectivity index (χ3v) is 4.26. The molecule has 3 heterocycles. The molecule has 0 aliphatic rings. The van der Waals surface area contributed by atoms with Gasteiger partial charge in [0.25, 0.3) is 5.91 Å². The molecule has 1 aromatic carbocycles. The second-order valence-corrected chi connectivity index (χ2v) is 6.35. The molecule has 1 amide bonds. The van der Waals surface area contributed by atoms with Gasteiger partial charge in [-0.1, -0.05) is 23.8 Å². The van der Waals surface area contributed by atoms with Gasteiger partial charge < -0.3 is 9.73 Å². The molecule has 0 saturated carbocycles. The lowest BCUT2D eigenvalue weighted by molar-refractivity contribution is 0.0944. The molecule has 0 fully saturated rings. The van der Waals surface area contributed by atoms with Crippen molar-refractivity contribution < 1.29 is 9.21 Å². The Hall–Kier alpha value is -3.74. The number of pyridine rings is 1. The van der Waals surface area contributed by atoms with E-state index in [9.17, 15) is 4.79 Å². The van der Waals surface area contributed by atoms with E-state index in [1.165, 1.54) is 0 Å². The minimum Gasteiger partial charge on any atom is -0.472 e. The molecule has 0 atom stereocenters. The van der Waals surface area contributed by atoms with Crippen molar-refractivity contribution in [3.05, 3.63) is 84.3 Å². The van der Waals surface area contributed by atoms with Crippen LogP contribution in [0.4, 0.5) is 0 Å². The summed E-state index contributed by atoms with van der Waals surface area (Å²) in [4.78, 5) is 21.3. The molecule has 140 valence electrons. The number of carbonyl (C=O) groups excluding carboxylic acids is 1. The van der Waals surface area contributed by atoms with Crippen molar-refractivity contribution in [2.45, 2.75) is 13.3 Å². The first-order chi connectivity index (χ1) is 13.7. The molecule has 0 aliphatic heterocycles. The number of hydrogen-bond donors (Lipinski definition) is 1. The standard InChI is InChI=1S/C21H19N5O2/c1-15-5-7-18(8-6-15)26-20(16-10-13-28-14-16)24-19(25-26)21(27)23-12-9-17-4-2-3-11-22-17/h2-8,10-11,13-14H,9,12H2,1H3,(H,23,27). The molecule has 0 spiro atoms. The van der Waals surface area contributed by atoms with Gasteiger partial charge in [0.15, 0.2) is 5.82 Å². The van der Waals surface area contributed by atoms with Crippen LogP contribution in [0.3, 0.4) is 0 Å². The van der Waals surface area contributed by atoms with Crippen LogP contribution < -0.4 is 5.32 Å². The zero-order valence-corrected chi connectivity index (χ0v) is 15.4. The third-order valence-electron chi connectivity index (χ3n) is 4.26. The SMILES string of the molecule is Cc1ccc(-n2nc(C(=O)NCCc3ccccn3)nc2-c2ccoc2)cc1. The summed E-state index contributed by atoms with van der Waals surface area (Å²) >= 11 is 0. The number of nitrogens with one attached hydrogen (secondary N) is 1. The van der Waals surface area contributed by atoms with Crippen molar-refractivity contribution in [3.8, 4) is 17.1 Å². The lowest BCUT2D eigenvalue weighted by atomic mass is 10.2. The number of benzene rings is 1. The summed E-state index contributed by atoms with van der Waals surface area (Å²) < 4.78 is 6.82. The van der Waals surface area contributed by atoms with Crippen LogP contribution in [0.15, 0.2) is 71.7 Å². The molecule has 0 unspecified atom stereocenters. The summed E-state index contributed by atoms with van der Waals surface area (Å²) in [6, 6.07) is 15.4. The quantitative estimate of drug-likeness (QED) is 0.561. The van der Waals surface area contributed by atoms with Crippen LogP contribution in [-0.2, 0) is 6.42 Å². The van der Waals surface area contributed by atoms with Crippen LogP contribution in [0.5, 0.6) is 0 Å². The Morgan fingerprint density at radius 2 is 2.00 bits per heavy atom. The van der Waals surface area contributed by atoms with Gasteiger partial charge in [-0.3, -0.25) is 9.78 Å². The highest BCUT2D eigenvalue weighted by atomic mass is 16.3. The van der Waals surface area contributed by atoms with E-state index in [1.807, 2.05) is 49.4 Å². The number of carbonyl (C=O) groups is 1. The summed E-state index contributed by atoms with van der Waals surface area (Å²) in [5.74, 6) is 0.330. The number of aromatic nitrogens is 4. The maximum absolute atomic E-state index is 12.6. The molecule has 0 aliphatic carbocycles. The summed E-state index contributed by atoms with van der Waals surface area (Å²) in [7, 11) is 0. The average Bonchev–Trinajstić information content (AvgIpc) is 3.39. The van der Waals surface area contributed by atoms with Crippen LogP contribution in [0.2, 0.25) is 0 Å². The van der Waals surface area contributed by atoms with Gasteiger partial charge in [0.05, 0.1) is 17.5 Å². The minimum absolute atomic E-state index is 0.109. The summed E-state index contributed by atoms with van der Waals surface area (Å²) in [6.07, 6.45) is 5.52. The van der Waals surface area contributed by atoms with Crippen molar-refractivity contribution in [2.75, 3.05) is 6.54 Å². The lowest BCUT2D eigenvalue weighted by Crippen LogP contribution is -2.27. The number of hydrogen-bond acceptors (Lipinski definition) is 5. The van der Waals surface area contributed by atoms with E-state index in [4.69, 9.17) is 4.42 Å². The monoisotopic (exact) mass is 373 g/mol. The molecule has 0 radical (unpaired) electrons. The van der Waals surface area contributed by atoms with Crippen LogP contribution in [-0.4, -0.2) is 32.2 Å². The van der Waals surface area contributed by atoms with Gasteiger partial charge in [-0.05, 0) is 37.3 Å². The van der Waals surface area contributed by atoms with Crippen molar-refractivity contribution >= 4 is 5.91 Å². The van der Waals surface area contributed by atoms with Crippen molar-refractivity contribution in [3.63, 3.8) is 0 Å². The number of aryl methyl sites for hydroxylation is 1. The van der Waals surface area contributed by atoms with Crippen molar-refractivity contribution in [1.82, 2.24) is 25.1 Å². The van der Waals surface area contributed by atoms with Crippen LogP contribution in [0, 0.1) is 6.92 Å². The maximum Gasteiger partial charge on any atom is 0.291 e. The van der Waals surface area contributed by atoms with Crippen LogP contribution in [0.1, 0.15) is 21.9 Å². The van der Waals surface area contributed by atoms with E-state index in [1.54, 1.807) is 29.5 Å². The highest BCUT2D eigenvalue weighted by Crippen LogP contribution is 2.22. The smallest absolute Gasteiger partial charge is 0.291 e. The van der Waals surface area contributed by atoms with E-state index >= 15 is 0 Å². The molecule has 0 bridgehead atoms. The Morgan fingerprint density at radius 1 is 1.14 bits per heavy atom. The van der Waals surface area contributed by atoms with Gasteiger partial charge in [-0.15, -0.1) is 5.10 Å². The molecule has 0 saturated heterocycles. The molecular formula is C21H19N5O2. The summed E-state index contributed by atoms with van der Waals surface area (Å²) in [6.45, 7) is 2.47. The van der Waals surface area contributed by atoms with Gasteiger partial charge in [0, 0.05) is 24.9 Å². The fourth-order valence-corrected chi connectivity index (χ4v) is 2.78. The highest BCUT2D eigenvalue weighted by molar-refractivity contribution is 5.91. The normalized spacial score (nSPS) is 10.8. The topological polar surface area (TPSA) is 85.8 Å². The first-order valence-corrected chi connectivity index (χ1v) is 8.95. The zero-order chi connectivity index (χ0) is 19.3. The van der Waals surface area contributed by atoms with Gasteiger partial charge in [0.1, 0.15) is 6.26 Å². The van der Waals surface area contributed by atoms with E-state index < -0.39 is 0 Å². The first-order valence-electron chi connectivity index (χ1n) is 8.95. The Kier molecular flexibility index (Phi) is 4.97. The average molecular weight is 373 g/mol. The Balaban J connectivity index is 1.56. The first kappa shape index (κ1) is 17.7. The number of nitrogens with zero attached hydrogens (tertiary/aromatic N) is 4. The molecule has 28 heavy (non-hydrogen) atoms. The van der Waals surface area contributed by atoms with Gasteiger partial charge in [-0.2, -0.15) is 0 Å². The molecule has 4 aromatic rings. The van der Waals surface area contributed by atoms with Crippen LogP contribution >= 0.6 is 0 Å². The zero-order valence-electron chi connectivity index (χ0n) is 15.4. The van der Waals surface area contributed by atoms with Crippen LogP contribution in [0.25, 0.3) is 17.1 Å². The van der Waals surface area contributed by atoms with Gasteiger partial charge in [0.2, 0.25) is 5.82 Å². The summed E-state index contributed by atoms with van der Waals surface area (Å²) in [5, 5.41) is 7.28. The summed E-state index contributed by atoms with van der Waals surface area (Å²) in [5.41, 5.74) is 3.63. The fourth-order valence-electron chi connectivity index (χ4n) is 2.78. The molecule has 1 N–H and O–H groups in total. The van der Waals surface area contributed by atoms with E-state index in [-0.39, 0.29) is 11.7 Å². The van der Waals surface area contributed by atoms with Gasteiger partial charge in [-0.25, -0.2) is 9.67 Å². The number of amides is 1. The van der Waals surface area contributed by atoms with Crippen molar-refractivity contribution in [1.29, 1.82) is 0 Å². The molecular weight excluding hydrogens is 354 g/mol.